The minimum atomic E-state index is -1.82. The molecule has 3 rings (SSSR count). The summed E-state index contributed by atoms with van der Waals surface area (Å²) < 4.78 is 3.20. The number of fused-ring (bicyclic) bond motifs is 2. The topological polar surface area (TPSA) is 118 Å². The van der Waals surface area contributed by atoms with Crippen LogP contribution in [0, 0.1) is 0 Å². The summed E-state index contributed by atoms with van der Waals surface area (Å²) in [5, 5.41) is 19.3. The third-order valence-electron chi connectivity index (χ3n) is 3.69. The maximum atomic E-state index is 12.3. The lowest BCUT2D eigenvalue weighted by Crippen LogP contribution is -2.27. The number of benzene rings is 1. The zero-order valence-corrected chi connectivity index (χ0v) is 14.5. The molecule has 0 saturated carbocycles. The maximum Gasteiger partial charge on any atom is 0.414 e. The van der Waals surface area contributed by atoms with Crippen LogP contribution in [0.15, 0.2) is 29.1 Å². The van der Waals surface area contributed by atoms with Crippen LogP contribution in [0.1, 0.15) is 17.0 Å². The van der Waals surface area contributed by atoms with Gasteiger partial charge in [0.15, 0.2) is 0 Å². The molecule has 138 valence electrons. The molecule has 9 nitrogen and oxygen atoms in total. The second-order valence-electron chi connectivity index (χ2n) is 5.90. The molecule has 1 aromatic heterocycles. The Bertz CT molecular complexity index is 883. The monoisotopic (exact) mass is 360 g/mol. The summed E-state index contributed by atoms with van der Waals surface area (Å²) in [7, 11) is 3.98. The first-order chi connectivity index (χ1) is 12.3. The summed E-state index contributed by atoms with van der Waals surface area (Å²) in [5.74, 6) is -2.85. The van der Waals surface area contributed by atoms with Gasteiger partial charge in [0.2, 0.25) is 0 Å². The number of aromatic nitrogens is 3. The first-order valence-corrected chi connectivity index (χ1v) is 7.85. The van der Waals surface area contributed by atoms with Crippen molar-refractivity contribution in [3.8, 4) is 0 Å². The molecule has 0 unspecified atom stereocenters. The second kappa shape index (κ2) is 8.26. The van der Waals surface area contributed by atoms with E-state index >= 15 is 0 Å². The van der Waals surface area contributed by atoms with Crippen LogP contribution in [-0.2, 0) is 22.6 Å². The molecule has 1 aromatic carbocycles. The zero-order chi connectivity index (χ0) is 19.3. The number of aliphatic carboxylic acids is 2. The minimum Gasteiger partial charge on any atom is -0.473 e. The summed E-state index contributed by atoms with van der Waals surface area (Å²) >= 11 is 0. The highest BCUT2D eigenvalue weighted by atomic mass is 16.4. The summed E-state index contributed by atoms with van der Waals surface area (Å²) in [4.78, 5) is 32.6. The van der Waals surface area contributed by atoms with E-state index in [-0.39, 0.29) is 5.69 Å². The molecule has 0 fully saturated rings. The van der Waals surface area contributed by atoms with Gasteiger partial charge in [-0.1, -0.05) is 24.3 Å². The Kier molecular flexibility index (Phi) is 6.07. The predicted molar refractivity (Wildman–Crippen MR) is 94.8 cm³/mol. The van der Waals surface area contributed by atoms with Gasteiger partial charge in [-0.05, 0) is 31.3 Å². The Balaban J connectivity index is 0.000000352. The molecule has 2 aromatic rings. The molecule has 26 heavy (non-hydrogen) atoms. The Labute approximate surface area is 149 Å². The average Bonchev–Trinajstić information content (AvgIpc) is 2.77. The predicted octanol–water partition coefficient (Wildman–Crippen LogP) is 0.294. The number of hydrogen-bond donors (Lipinski definition) is 2. The summed E-state index contributed by atoms with van der Waals surface area (Å²) in [6, 6.07) is 8.16. The molecule has 0 saturated heterocycles. The van der Waals surface area contributed by atoms with Crippen LogP contribution in [0.5, 0.6) is 0 Å². The van der Waals surface area contributed by atoms with E-state index in [1.54, 1.807) is 9.25 Å². The Morgan fingerprint density at radius 3 is 2.46 bits per heavy atom. The van der Waals surface area contributed by atoms with Crippen LogP contribution in [0.3, 0.4) is 0 Å². The highest BCUT2D eigenvalue weighted by Gasteiger charge is 2.15. The number of nitrogens with zero attached hydrogens (tertiary/aromatic N) is 4. The lowest BCUT2D eigenvalue weighted by atomic mass is 10.1. The van der Waals surface area contributed by atoms with Crippen molar-refractivity contribution in [2.75, 3.05) is 20.6 Å². The van der Waals surface area contributed by atoms with Crippen molar-refractivity contribution in [2.24, 2.45) is 0 Å². The van der Waals surface area contributed by atoms with Gasteiger partial charge in [0, 0.05) is 19.2 Å². The van der Waals surface area contributed by atoms with Gasteiger partial charge in [0.1, 0.15) is 5.82 Å². The van der Waals surface area contributed by atoms with Gasteiger partial charge in [-0.15, -0.1) is 0 Å². The van der Waals surface area contributed by atoms with Gasteiger partial charge in [0.25, 0.3) is 0 Å². The smallest absolute Gasteiger partial charge is 0.414 e. The molecule has 9 heteroatoms. The van der Waals surface area contributed by atoms with Crippen LogP contribution in [0.4, 0.5) is 0 Å². The average molecular weight is 360 g/mol. The number of rotatable bonds is 3. The fourth-order valence-corrected chi connectivity index (χ4v) is 2.36. The van der Waals surface area contributed by atoms with Gasteiger partial charge in [-0.3, -0.25) is 4.57 Å². The lowest BCUT2D eigenvalue weighted by molar-refractivity contribution is -0.159. The number of likely N-dealkylation sites (N-methyl/N-ethyl adjacent to an activating group) is 1. The lowest BCUT2D eigenvalue weighted by Gasteiger charge is -2.07. The first kappa shape index (κ1) is 19.1. The third kappa shape index (κ3) is 4.67. The van der Waals surface area contributed by atoms with Gasteiger partial charge < -0.3 is 15.1 Å². The van der Waals surface area contributed by atoms with Crippen molar-refractivity contribution in [3.63, 3.8) is 0 Å². The number of carbonyl (C=O) groups is 2. The van der Waals surface area contributed by atoms with Gasteiger partial charge in [0.05, 0.1) is 6.54 Å². The SMILES string of the molecule is CN(C)CCn1nc2n(c1=O)C=Cc1ccccc1C2.O=C(O)C(=O)O. The highest BCUT2D eigenvalue weighted by molar-refractivity contribution is 6.27. The summed E-state index contributed by atoms with van der Waals surface area (Å²) in [6.45, 7) is 1.41. The van der Waals surface area contributed by atoms with Crippen molar-refractivity contribution in [3.05, 3.63) is 51.7 Å². The van der Waals surface area contributed by atoms with Crippen LogP contribution < -0.4 is 5.69 Å². The second-order valence-corrected chi connectivity index (χ2v) is 5.90. The fraction of sp³-hybridized carbons (Fsp3) is 0.294. The Morgan fingerprint density at radius 1 is 1.19 bits per heavy atom. The van der Waals surface area contributed by atoms with E-state index in [0.29, 0.717) is 13.0 Å². The van der Waals surface area contributed by atoms with Crippen molar-refractivity contribution in [1.29, 1.82) is 0 Å². The van der Waals surface area contributed by atoms with E-state index < -0.39 is 11.9 Å². The number of carboxylic acid groups (broad SMARTS) is 2. The molecular weight excluding hydrogens is 340 g/mol. The molecule has 0 spiro atoms. The Morgan fingerprint density at radius 2 is 1.85 bits per heavy atom. The Hall–Kier alpha value is -3.20. The van der Waals surface area contributed by atoms with E-state index in [1.165, 1.54) is 5.56 Å². The summed E-state index contributed by atoms with van der Waals surface area (Å²) in [5.41, 5.74) is 2.29. The molecule has 1 aliphatic heterocycles. The van der Waals surface area contributed by atoms with E-state index in [0.717, 1.165) is 17.9 Å². The normalized spacial score (nSPS) is 11.8. The van der Waals surface area contributed by atoms with Gasteiger partial charge >= 0.3 is 17.6 Å². The molecule has 1 aliphatic rings. The maximum absolute atomic E-state index is 12.3. The van der Waals surface area contributed by atoms with Crippen LogP contribution in [-0.4, -0.2) is 62.0 Å². The molecule has 0 atom stereocenters. The van der Waals surface area contributed by atoms with Crippen molar-refractivity contribution in [2.45, 2.75) is 13.0 Å². The molecule has 2 N–H and O–H groups in total. The van der Waals surface area contributed by atoms with Gasteiger partial charge in [-0.25, -0.2) is 19.1 Å². The van der Waals surface area contributed by atoms with Gasteiger partial charge in [-0.2, -0.15) is 5.10 Å². The highest BCUT2D eigenvalue weighted by Crippen LogP contribution is 2.18. The molecule has 0 amide bonds. The number of hydrogen-bond acceptors (Lipinski definition) is 5. The molecule has 0 bridgehead atoms. The fourth-order valence-electron chi connectivity index (χ4n) is 2.36. The van der Waals surface area contributed by atoms with Crippen LogP contribution in [0.25, 0.3) is 12.3 Å². The molecule has 2 heterocycles. The quantitative estimate of drug-likeness (QED) is 0.645. The van der Waals surface area contributed by atoms with Crippen molar-refractivity contribution < 1.29 is 19.8 Å². The first-order valence-electron chi connectivity index (χ1n) is 7.85. The molecule has 0 aliphatic carbocycles. The van der Waals surface area contributed by atoms with E-state index in [2.05, 4.69) is 17.2 Å². The van der Waals surface area contributed by atoms with E-state index in [1.807, 2.05) is 43.4 Å². The number of carboxylic acids is 2. The summed E-state index contributed by atoms with van der Waals surface area (Å²) in [6.07, 6.45) is 4.49. The minimum absolute atomic E-state index is 0.0640. The zero-order valence-electron chi connectivity index (χ0n) is 14.5. The third-order valence-corrected chi connectivity index (χ3v) is 3.69. The standard InChI is InChI=1S/C15H18N4O.C2H2O4/c1-17(2)9-10-19-15(20)18-8-7-12-5-3-4-6-13(12)11-14(18)16-19;3-1(4)2(5)6/h3-8H,9-11H2,1-2H3;(H,3,4)(H,5,6). The van der Waals surface area contributed by atoms with Crippen molar-refractivity contribution in [1.82, 2.24) is 19.2 Å². The van der Waals surface area contributed by atoms with Crippen LogP contribution >= 0.6 is 0 Å². The van der Waals surface area contributed by atoms with Crippen LogP contribution in [0.2, 0.25) is 0 Å². The van der Waals surface area contributed by atoms with E-state index in [4.69, 9.17) is 19.8 Å². The van der Waals surface area contributed by atoms with E-state index in [9.17, 15) is 4.79 Å². The molecular formula is C17H20N4O5. The molecule has 0 radical (unpaired) electrons. The largest absolute Gasteiger partial charge is 0.473 e. The van der Waals surface area contributed by atoms with Crippen molar-refractivity contribution >= 4 is 24.2 Å².